The molecule has 1 heterocycles. The summed E-state index contributed by atoms with van der Waals surface area (Å²) in [5, 5.41) is 2.36. The van der Waals surface area contributed by atoms with Gasteiger partial charge in [0, 0.05) is 5.56 Å². The van der Waals surface area contributed by atoms with Crippen molar-refractivity contribution in [3.05, 3.63) is 48.0 Å². The topological polar surface area (TPSA) is 29.4 Å². The van der Waals surface area contributed by atoms with Gasteiger partial charge >= 0.3 is 0 Å². The lowest BCUT2D eigenvalue weighted by molar-refractivity contribution is -0.107. The monoisotopic (exact) mass is 195 g/mol. The van der Waals surface area contributed by atoms with E-state index in [0.29, 0.717) is 0 Å². The summed E-state index contributed by atoms with van der Waals surface area (Å²) in [5.41, 5.74) is 2.01. The van der Waals surface area contributed by atoms with E-state index in [1.807, 2.05) is 24.3 Å². The van der Waals surface area contributed by atoms with Crippen molar-refractivity contribution < 1.29 is 4.79 Å². The number of hydrogen-bond donors (Lipinski definition) is 0. The maximum atomic E-state index is 10.6. The first-order chi connectivity index (χ1) is 7.40. The van der Waals surface area contributed by atoms with Crippen LogP contribution in [0.4, 0.5) is 0 Å². The van der Waals surface area contributed by atoms with Gasteiger partial charge in [-0.1, -0.05) is 42.5 Å². The minimum atomic E-state index is -0.198. The lowest BCUT2D eigenvalue weighted by Crippen LogP contribution is -2.00. The SMILES string of the molecule is O=CC1N=C1c1cccc2ccccc12. The molecule has 1 atom stereocenters. The highest BCUT2D eigenvalue weighted by Crippen LogP contribution is 2.25. The van der Waals surface area contributed by atoms with Crippen molar-refractivity contribution in [3.63, 3.8) is 0 Å². The molecule has 0 N–H and O–H groups in total. The van der Waals surface area contributed by atoms with Crippen LogP contribution >= 0.6 is 0 Å². The van der Waals surface area contributed by atoms with E-state index in [1.54, 1.807) is 0 Å². The number of carbonyl (C=O) groups excluding carboxylic acids is 1. The third kappa shape index (κ3) is 1.26. The summed E-state index contributed by atoms with van der Waals surface area (Å²) in [4.78, 5) is 14.7. The molecule has 0 saturated heterocycles. The predicted octanol–water partition coefficient (Wildman–Crippen LogP) is 2.21. The summed E-state index contributed by atoms with van der Waals surface area (Å²) in [6.45, 7) is 0. The number of nitrogens with zero attached hydrogens (tertiary/aromatic N) is 1. The van der Waals surface area contributed by atoms with E-state index in [9.17, 15) is 4.79 Å². The van der Waals surface area contributed by atoms with Gasteiger partial charge in [-0.15, -0.1) is 0 Å². The molecule has 0 aliphatic carbocycles. The molecule has 0 aromatic heterocycles. The number of benzene rings is 2. The molecule has 0 fully saturated rings. The second-order valence-electron chi connectivity index (χ2n) is 3.62. The summed E-state index contributed by atoms with van der Waals surface area (Å²) in [7, 11) is 0. The van der Waals surface area contributed by atoms with Crippen LogP contribution in [-0.4, -0.2) is 18.0 Å². The van der Waals surface area contributed by atoms with Crippen LogP contribution in [-0.2, 0) is 4.79 Å². The van der Waals surface area contributed by atoms with Crippen molar-refractivity contribution in [2.24, 2.45) is 4.99 Å². The van der Waals surface area contributed by atoms with Crippen molar-refractivity contribution in [1.29, 1.82) is 0 Å². The lowest BCUT2D eigenvalue weighted by Gasteiger charge is -2.01. The average molecular weight is 195 g/mol. The third-order valence-corrected chi connectivity index (χ3v) is 2.69. The average Bonchev–Trinajstić information content (AvgIpc) is 3.07. The van der Waals surface area contributed by atoms with E-state index in [4.69, 9.17) is 0 Å². The Balaban J connectivity index is 2.19. The molecule has 0 saturated carbocycles. The Kier molecular flexibility index (Phi) is 1.68. The lowest BCUT2D eigenvalue weighted by atomic mass is 10.0. The Bertz CT molecular complexity index is 566. The number of carbonyl (C=O) groups is 1. The van der Waals surface area contributed by atoms with Crippen molar-refractivity contribution in [2.75, 3.05) is 0 Å². The van der Waals surface area contributed by atoms with Gasteiger partial charge in [-0.05, 0) is 10.8 Å². The summed E-state index contributed by atoms with van der Waals surface area (Å²) < 4.78 is 0. The molecule has 2 nitrogen and oxygen atoms in total. The number of rotatable bonds is 2. The molecule has 0 bridgehead atoms. The molecule has 0 amide bonds. The number of aliphatic imine (C=N–C) groups is 1. The number of aldehydes is 1. The Hall–Kier alpha value is -1.96. The molecule has 3 rings (SSSR count). The fourth-order valence-corrected chi connectivity index (χ4v) is 1.89. The van der Waals surface area contributed by atoms with Gasteiger partial charge in [0.25, 0.3) is 0 Å². The quantitative estimate of drug-likeness (QED) is 0.675. The van der Waals surface area contributed by atoms with Crippen molar-refractivity contribution in [1.82, 2.24) is 0 Å². The Morgan fingerprint density at radius 1 is 1.07 bits per heavy atom. The Morgan fingerprint density at radius 3 is 2.67 bits per heavy atom. The molecule has 2 heteroatoms. The van der Waals surface area contributed by atoms with Gasteiger partial charge in [-0.2, -0.15) is 0 Å². The highest BCUT2D eigenvalue weighted by molar-refractivity contribution is 6.25. The minimum absolute atomic E-state index is 0.198. The first-order valence-corrected chi connectivity index (χ1v) is 4.91. The standard InChI is InChI=1S/C13H9NO/c15-8-12-13(14-12)11-7-3-5-9-4-1-2-6-10(9)11/h1-8,12H. The molecule has 2 aromatic rings. The fourth-order valence-electron chi connectivity index (χ4n) is 1.89. The number of hydrogen-bond acceptors (Lipinski definition) is 2. The van der Waals surface area contributed by atoms with E-state index >= 15 is 0 Å². The van der Waals surface area contributed by atoms with E-state index in [0.717, 1.165) is 17.6 Å². The van der Waals surface area contributed by atoms with E-state index < -0.39 is 0 Å². The summed E-state index contributed by atoms with van der Waals surface area (Å²) in [6.07, 6.45) is 0.886. The van der Waals surface area contributed by atoms with Crippen molar-refractivity contribution in [3.8, 4) is 0 Å². The zero-order valence-electron chi connectivity index (χ0n) is 8.05. The molecule has 0 spiro atoms. The zero-order valence-corrected chi connectivity index (χ0v) is 8.05. The van der Waals surface area contributed by atoms with Gasteiger partial charge < -0.3 is 4.79 Å². The van der Waals surface area contributed by atoms with Crippen LogP contribution in [0.15, 0.2) is 47.5 Å². The van der Waals surface area contributed by atoms with Crippen LogP contribution in [0.5, 0.6) is 0 Å². The van der Waals surface area contributed by atoms with E-state index in [-0.39, 0.29) is 6.04 Å². The van der Waals surface area contributed by atoms with Gasteiger partial charge in [0.05, 0.1) is 5.71 Å². The second-order valence-corrected chi connectivity index (χ2v) is 3.62. The van der Waals surface area contributed by atoms with Crippen LogP contribution in [0.1, 0.15) is 5.56 Å². The second kappa shape index (κ2) is 3.02. The van der Waals surface area contributed by atoms with Gasteiger partial charge in [-0.3, -0.25) is 4.99 Å². The largest absolute Gasteiger partial charge is 0.301 e. The van der Waals surface area contributed by atoms with Crippen LogP contribution < -0.4 is 0 Å². The maximum Gasteiger partial charge on any atom is 0.150 e. The van der Waals surface area contributed by atoms with Gasteiger partial charge in [0.1, 0.15) is 6.04 Å². The molecule has 0 radical (unpaired) electrons. The first-order valence-electron chi connectivity index (χ1n) is 4.91. The van der Waals surface area contributed by atoms with Gasteiger partial charge in [0.2, 0.25) is 0 Å². The predicted molar refractivity (Wildman–Crippen MR) is 60.3 cm³/mol. The highest BCUT2D eigenvalue weighted by atomic mass is 16.1. The van der Waals surface area contributed by atoms with E-state index in [1.165, 1.54) is 10.8 Å². The maximum absolute atomic E-state index is 10.6. The third-order valence-electron chi connectivity index (χ3n) is 2.69. The molecular weight excluding hydrogens is 186 g/mol. The minimum Gasteiger partial charge on any atom is -0.301 e. The smallest absolute Gasteiger partial charge is 0.150 e. The van der Waals surface area contributed by atoms with Gasteiger partial charge in [-0.25, -0.2) is 0 Å². The van der Waals surface area contributed by atoms with E-state index in [2.05, 4.69) is 23.2 Å². The van der Waals surface area contributed by atoms with Crippen LogP contribution in [0.3, 0.4) is 0 Å². The summed E-state index contributed by atoms with van der Waals surface area (Å²) in [5.74, 6) is 0. The molecule has 1 aliphatic heterocycles. The summed E-state index contributed by atoms with van der Waals surface area (Å²) in [6, 6.07) is 14.0. The fraction of sp³-hybridized carbons (Fsp3) is 0.0769. The molecular formula is C13H9NO. The highest BCUT2D eigenvalue weighted by Gasteiger charge is 2.29. The zero-order chi connectivity index (χ0) is 10.3. The molecule has 72 valence electrons. The van der Waals surface area contributed by atoms with Crippen molar-refractivity contribution >= 4 is 22.8 Å². The first kappa shape index (κ1) is 8.36. The van der Waals surface area contributed by atoms with Crippen LogP contribution in [0.2, 0.25) is 0 Å². The Morgan fingerprint density at radius 2 is 1.87 bits per heavy atom. The molecule has 15 heavy (non-hydrogen) atoms. The van der Waals surface area contributed by atoms with Crippen LogP contribution in [0, 0.1) is 0 Å². The molecule has 1 aliphatic rings. The number of fused-ring (bicyclic) bond motifs is 1. The summed E-state index contributed by atoms with van der Waals surface area (Å²) >= 11 is 0. The van der Waals surface area contributed by atoms with Gasteiger partial charge in [0.15, 0.2) is 6.29 Å². The Labute approximate surface area is 87.3 Å². The van der Waals surface area contributed by atoms with Crippen LogP contribution in [0.25, 0.3) is 10.8 Å². The van der Waals surface area contributed by atoms with Crippen molar-refractivity contribution in [2.45, 2.75) is 6.04 Å². The molecule has 1 unspecified atom stereocenters. The molecule has 2 aromatic carbocycles. The normalized spacial score (nSPS) is 18.7.